The number of nitrogens with zero attached hydrogens (tertiary/aromatic N) is 2. The van der Waals surface area contributed by atoms with Crippen LogP contribution < -0.4 is 15.8 Å². The van der Waals surface area contributed by atoms with E-state index in [1.54, 1.807) is 0 Å². The predicted molar refractivity (Wildman–Crippen MR) is 131 cm³/mol. The monoisotopic (exact) mass is 542 g/mol. The van der Waals surface area contributed by atoms with Crippen LogP contribution in [0.3, 0.4) is 0 Å². The molecule has 0 amide bonds. The topological polar surface area (TPSA) is 72.1 Å². The minimum atomic E-state index is 0. The number of halogens is 2. The van der Waals surface area contributed by atoms with Gasteiger partial charge >= 0.3 is 0 Å². The smallest absolute Gasteiger partial charge is 0.189 e. The first-order valence-electron chi connectivity index (χ1n) is 10.1. The van der Waals surface area contributed by atoms with Gasteiger partial charge in [-0.1, -0.05) is 48.0 Å². The third-order valence-corrected chi connectivity index (χ3v) is 5.81. The van der Waals surface area contributed by atoms with Gasteiger partial charge in [-0.05, 0) is 17.7 Å². The molecule has 0 radical (unpaired) electrons. The van der Waals surface area contributed by atoms with Crippen LogP contribution in [0.5, 0.6) is 5.75 Å². The summed E-state index contributed by atoms with van der Waals surface area (Å²) in [5.41, 5.74) is 8.47. The molecule has 0 aliphatic carbocycles. The molecule has 162 valence electrons. The van der Waals surface area contributed by atoms with Crippen molar-refractivity contribution < 1.29 is 9.47 Å². The van der Waals surface area contributed by atoms with Crippen molar-refractivity contribution in [2.24, 2.45) is 10.7 Å². The summed E-state index contributed by atoms with van der Waals surface area (Å²) < 4.78 is 11.2. The number of ether oxygens (including phenoxy) is 2. The Morgan fingerprint density at radius 2 is 1.87 bits per heavy atom. The molecule has 6 nitrogen and oxygen atoms in total. The molecule has 3 N–H and O–H groups in total. The summed E-state index contributed by atoms with van der Waals surface area (Å²) in [5, 5.41) is 4.12. The second-order valence-corrected chi connectivity index (χ2v) is 7.69. The Morgan fingerprint density at radius 1 is 1.13 bits per heavy atom. The van der Waals surface area contributed by atoms with Gasteiger partial charge in [0.05, 0.1) is 38.4 Å². The number of morpholine rings is 1. The number of aliphatic imine (C=N–C) groups is 1. The van der Waals surface area contributed by atoms with Gasteiger partial charge in [-0.25, -0.2) is 0 Å². The van der Waals surface area contributed by atoms with Gasteiger partial charge in [0, 0.05) is 30.1 Å². The van der Waals surface area contributed by atoms with E-state index in [4.69, 9.17) is 26.8 Å². The van der Waals surface area contributed by atoms with E-state index in [1.807, 2.05) is 36.4 Å². The first-order valence-corrected chi connectivity index (χ1v) is 10.4. The molecule has 2 unspecified atom stereocenters. The van der Waals surface area contributed by atoms with Gasteiger partial charge in [0.15, 0.2) is 5.96 Å². The first kappa shape index (κ1) is 23.1. The molecule has 4 rings (SSSR count). The van der Waals surface area contributed by atoms with Gasteiger partial charge in [0.25, 0.3) is 0 Å². The normalized spacial score (nSPS) is 20.4. The van der Waals surface area contributed by atoms with Crippen LogP contribution in [0.15, 0.2) is 53.5 Å². The van der Waals surface area contributed by atoms with Crippen LogP contribution in [-0.4, -0.2) is 50.3 Å². The Kier molecular flexibility index (Phi) is 8.61. The van der Waals surface area contributed by atoms with Crippen molar-refractivity contribution in [3.8, 4) is 5.75 Å². The fraction of sp³-hybridized carbons (Fsp3) is 0.409. The zero-order chi connectivity index (χ0) is 20.1. The summed E-state index contributed by atoms with van der Waals surface area (Å²) in [6.45, 7) is 4.35. The molecule has 30 heavy (non-hydrogen) atoms. The lowest BCUT2D eigenvalue weighted by Crippen LogP contribution is -2.41. The Hall–Kier alpha value is -1.55. The largest absolute Gasteiger partial charge is 0.493 e. The minimum Gasteiger partial charge on any atom is -0.493 e. The standard InChI is InChI=1S/C22H27ClN4O2.HI/c23-18-7-3-1-5-16(18)20(27-10-13-28-14-11-27)15-25-22(24)26-19-9-12-29-21-8-4-2-6-17(19)21;/h1-8,19-20H,9-15H2,(H3,24,25,26);1H. The number of hydrogen-bond acceptors (Lipinski definition) is 4. The molecule has 2 aromatic rings. The summed E-state index contributed by atoms with van der Waals surface area (Å²) in [7, 11) is 0. The fourth-order valence-corrected chi connectivity index (χ4v) is 4.21. The maximum Gasteiger partial charge on any atom is 0.189 e. The van der Waals surface area contributed by atoms with Gasteiger partial charge in [0.1, 0.15) is 5.75 Å². The van der Waals surface area contributed by atoms with E-state index in [1.165, 1.54) is 0 Å². The van der Waals surface area contributed by atoms with Crippen LogP contribution in [0, 0.1) is 0 Å². The van der Waals surface area contributed by atoms with Crippen molar-refractivity contribution >= 4 is 41.5 Å². The van der Waals surface area contributed by atoms with Crippen molar-refractivity contribution in [1.29, 1.82) is 0 Å². The van der Waals surface area contributed by atoms with Crippen molar-refractivity contribution in [1.82, 2.24) is 10.2 Å². The Bertz CT molecular complexity index is 861. The van der Waals surface area contributed by atoms with Crippen LogP contribution in [0.25, 0.3) is 0 Å². The van der Waals surface area contributed by atoms with Crippen molar-refractivity contribution in [3.05, 3.63) is 64.7 Å². The minimum absolute atomic E-state index is 0. The lowest BCUT2D eigenvalue weighted by atomic mass is 10.0. The molecule has 2 aliphatic rings. The number of hydrogen-bond donors (Lipinski definition) is 2. The van der Waals surface area contributed by atoms with Crippen LogP contribution in [0.2, 0.25) is 5.02 Å². The lowest BCUT2D eigenvalue weighted by molar-refractivity contribution is 0.0180. The second kappa shape index (κ2) is 11.2. The highest BCUT2D eigenvalue weighted by Crippen LogP contribution is 2.32. The van der Waals surface area contributed by atoms with Gasteiger partial charge in [0.2, 0.25) is 0 Å². The van der Waals surface area contributed by atoms with E-state index >= 15 is 0 Å². The molecule has 2 aromatic carbocycles. The SMILES string of the molecule is I.NC(=NCC(c1ccccc1Cl)N1CCOCC1)NC1CCOc2ccccc21. The van der Waals surface area contributed by atoms with E-state index in [9.17, 15) is 0 Å². The highest BCUT2D eigenvalue weighted by atomic mass is 127. The van der Waals surface area contributed by atoms with Crippen LogP contribution in [0.1, 0.15) is 29.6 Å². The average Bonchev–Trinajstić information content (AvgIpc) is 2.76. The molecular formula is C22H28ClIN4O2. The molecule has 0 saturated carbocycles. The number of para-hydroxylation sites is 1. The first-order chi connectivity index (χ1) is 14.2. The van der Waals surface area contributed by atoms with E-state index in [-0.39, 0.29) is 36.1 Å². The number of guanidine groups is 1. The van der Waals surface area contributed by atoms with E-state index in [0.29, 0.717) is 19.1 Å². The molecule has 8 heteroatoms. The zero-order valence-electron chi connectivity index (χ0n) is 16.8. The number of benzene rings is 2. The maximum absolute atomic E-state index is 6.50. The van der Waals surface area contributed by atoms with Gasteiger partial charge < -0.3 is 20.5 Å². The van der Waals surface area contributed by atoms with Crippen LogP contribution in [-0.2, 0) is 4.74 Å². The molecule has 2 atom stereocenters. The van der Waals surface area contributed by atoms with Crippen molar-refractivity contribution in [2.75, 3.05) is 39.5 Å². The number of fused-ring (bicyclic) bond motifs is 1. The molecule has 1 saturated heterocycles. The Morgan fingerprint density at radius 3 is 2.67 bits per heavy atom. The highest BCUT2D eigenvalue weighted by Gasteiger charge is 2.25. The quantitative estimate of drug-likeness (QED) is 0.342. The molecule has 0 aromatic heterocycles. The molecular weight excluding hydrogens is 515 g/mol. The highest BCUT2D eigenvalue weighted by molar-refractivity contribution is 14.0. The van der Waals surface area contributed by atoms with E-state index in [2.05, 4.69) is 27.3 Å². The molecule has 1 fully saturated rings. The third kappa shape index (κ3) is 5.57. The molecule has 0 bridgehead atoms. The summed E-state index contributed by atoms with van der Waals surface area (Å²) in [6.07, 6.45) is 0.852. The summed E-state index contributed by atoms with van der Waals surface area (Å²) in [6, 6.07) is 16.2. The maximum atomic E-state index is 6.50. The molecule has 2 aliphatic heterocycles. The van der Waals surface area contributed by atoms with Gasteiger partial charge in [-0.2, -0.15) is 0 Å². The van der Waals surface area contributed by atoms with Gasteiger partial charge in [-0.15, -0.1) is 24.0 Å². The van der Waals surface area contributed by atoms with Gasteiger partial charge in [-0.3, -0.25) is 9.89 Å². The van der Waals surface area contributed by atoms with E-state index in [0.717, 1.165) is 54.6 Å². The molecule has 2 heterocycles. The second-order valence-electron chi connectivity index (χ2n) is 7.28. The van der Waals surface area contributed by atoms with E-state index < -0.39 is 0 Å². The summed E-state index contributed by atoms with van der Waals surface area (Å²) >= 11 is 6.50. The Labute approximate surface area is 199 Å². The average molecular weight is 543 g/mol. The van der Waals surface area contributed by atoms with Crippen LogP contribution >= 0.6 is 35.6 Å². The number of nitrogens with two attached hydrogens (primary N) is 1. The van der Waals surface area contributed by atoms with Crippen molar-refractivity contribution in [2.45, 2.75) is 18.5 Å². The third-order valence-electron chi connectivity index (χ3n) is 5.47. The molecule has 0 spiro atoms. The lowest BCUT2D eigenvalue weighted by Gasteiger charge is -2.34. The summed E-state index contributed by atoms with van der Waals surface area (Å²) in [5.74, 6) is 1.35. The fourth-order valence-electron chi connectivity index (χ4n) is 3.95. The zero-order valence-corrected chi connectivity index (χ0v) is 19.9. The summed E-state index contributed by atoms with van der Waals surface area (Å²) in [4.78, 5) is 7.05. The number of nitrogens with one attached hydrogen (secondary N) is 1. The van der Waals surface area contributed by atoms with Crippen molar-refractivity contribution in [3.63, 3.8) is 0 Å². The predicted octanol–water partition coefficient (Wildman–Crippen LogP) is 3.76. The number of rotatable bonds is 5. The Balaban J connectivity index is 0.00000256. The van der Waals surface area contributed by atoms with Crippen LogP contribution in [0.4, 0.5) is 0 Å².